The van der Waals surface area contributed by atoms with Crippen LogP contribution in [0.5, 0.6) is 0 Å². The third-order valence-corrected chi connectivity index (χ3v) is 5.34. The Morgan fingerprint density at radius 1 is 0.714 bits per heavy atom. The minimum absolute atomic E-state index is 0.943. The first-order valence-corrected chi connectivity index (χ1v) is 6.72. The van der Waals surface area contributed by atoms with Crippen LogP contribution in [0, 0.1) is 35.5 Å². The molecule has 4 fully saturated rings. The summed E-state index contributed by atoms with van der Waals surface area (Å²) in [5.74, 6) is 6.54. The van der Waals surface area contributed by atoms with Crippen LogP contribution < -0.4 is 0 Å². The highest BCUT2D eigenvalue weighted by Gasteiger charge is 2.43. The van der Waals surface area contributed by atoms with E-state index in [-0.39, 0.29) is 0 Å². The molecular formula is C14H24. The second-order valence-electron chi connectivity index (χ2n) is 6.68. The smallest absolute Gasteiger partial charge is 0.0360 e. The maximum absolute atomic E-state index is 2.46. The van der Waals surface area contributed by atoms with Crippen molar-refractivity contribution in [3.8, 4) is 0 Å². The average molecular weight is 192 g/mol. The molecule has 4 aliphatic rings. The topological polar surface area (TPSA) is 0 Å². The maximum Gasteiger partial charge on any atom is -0.0360 e. The normalized spacial score (nSPS) is 51.2. The molecule has 0 aliphatic heterocycles. The number of rotatable bonds is 1. The van der Waals surface area contributed by atoms with Crippen molar-refractivity contribution in [2.75, 3.05) is 0 Å². The SMILES string of the molecule is CC(C)C1CC2CC3CC(C2)CC1C3. The van der Waals surface area contributed by atoms with Crippen LogP contribution >= 0.6 is 0 Å². The highest BCUT2D eigenvalue weighted by molar-refractivity contribution is 4.94. The molecule has 0 saturated heterocycles. The van der Waals surface area contributed by atoms with Gasteiger partial charge in [-0.2, -0.15) is 0 Å². The first-order chi connectivity index (χ1) is 6.72. The number of hydrogen-bond acceptors (Lipinski definition) is 0. The van der Waals surface area contributed by atoms with Crippen LogP contribution in [0.25, 0.3) is 0 Å². The fraction of sp³-hybridized carbons (Fsp3) is 1.00. The lowest BCUT2D eigenvalue weighted by Crippen LogP contribution is -2.28. The van der Waals surface area contributed by atoms with E-state index in [1.54, 1.807) is 38.5 Å². The van der Waals surface area contributed by atoms with Crippen molar-refractivity contribution in [1.82, 2.24) is 0 Å². The molecule has 0 radical (unpaired) electrons. The summed E-state index contributed by atoms with van der Waals surface area (Å²) in [6.07, 6.45) is 9.55. The van der Waals surface area contributed by atoms with Crippen LogP contribution in [0.2, 0.25) is 0 Å². The molecule has 3 unspecified atom stereocenters. The van der Waals surface area contributed by atoms with Gasteiger partial charge < -0.3 is 0 Å². The van der Waals surface area contributed by atoms with Gasteiger partial charge in [-0.15, -0.1) is 0 Å². The standard InChI is InChI=1S/C14H24/c1-9(2)14-8-12-4-10-3-11(5-12)7-13(14)6-10/h9-14H,3-8H2,1-2H3. The zero-order valence-electron chi connectivity index (χ0n) is 9.71. The maximum atomic E-state index is 2.46. The van der Waals surface area contributed by atoms with Gasteiger partial charge in [-0.25, -0.2) is 0 Å². The summed E-state index contributed by atoms with van der Waals surface area (Å²) in [5, 5.41) is 0. The average Bonchev–Trinajstić information content (AvgIpc) is 2.30. The van der Waals surface area contributed by atoms with E-state index >= 15 is 0 Å². The molecule has 4 bridgehead atoms. The van der Waals surface area contributed by atoms with Gasteiger partial charge in [-0.05, 0) is 74.0 Å². The molecule has 0 aromatic rings. The molecule has 0 aromatic carbocycles. The highest BCUT2D eigenvalue weighted by atomic mass is 14.5. The molecule has 4 rings (SSSR count). The fourth-order valence-electron chi connectivity index (χ4n) is 4.98. The molecule has 0 spiro atoms. The van der Waals surface area contributed by atoms with Crippen molar-refractivity contribution in [3.05, 3.63) is 0 Å². The van der Waals surface area contributed by atoms with Gasteiger partial charge in [0, 0.05) is 0 Å². The molecule has 0 aromatic heterocycles. The van der Waals surface area contributed by atoms with Crippen LogP contribution in [0.15, 0.2) is 0 Å². The van der Waals surface area contributed by atoms with E-state index in [1.807, 2.05) is 0 Å². The first-order valence-electron chi connectivity index (χ1n) is 6.72. The Kier molecular flexibility index (Phi) is 2.15. The van der Waals surface area contributed by atoms with Crippen molar-refractivity contribution in [1.29, 1.82) is 0 Å². The summed E-state index contributed by atoms with van der Waals surface area (Å²) in [4.78, 5) is 0. The van der Waals surface area contributed by atoms with Gasteiger partial charge in [0.25, 0.3) is 0 Å². The Balaban J connectivity index is 1.86. The number of fused-ring (bicyclic) bond motifs is 1. The van der Waals surface area contributed by atoms with Crippen molar-refractivity contribution in [2.45, 2.75) is 52.4 Å². The van der Waals surface area contributed by atoms with Crippen molar-refractivity contribution < 1.29 is 0 Å². The summed E-state index contributed by atoms with van der Waals surface area (Å²) < 4.78 is 0. The van der Waals surface area contributed by atoms with E-state index in [1.165, 1.54) is 0 Å². The monoisotopic (exact) mass is 192 g/mol. The summed E-state index contributed by atoms with van der Waals surface area (Å²) >= 11 is 0. The minimum atomic E-state index is 0.943. The Morgan fingerprint density at radius 3 is 1.71 bits per heavy atom. The van der Waals surface area contributed by atoms with Crippen LogP contribution in [0.4, 0.5) is 0 Å². The van der Waals surface area contributed by atoms with Crippen LogP contribution in [0.3, 0.4) is 0 Å². The molecular weight excluding hydrogens is 168 g/mol. The highest BCUT2D eigenvalue weighted by Crippen LogP contribution is 2.54. The van der Waals surface area contributed by atoms with E-state index in [4.69, 9.17) is 0 Å². The van der Waals surface area contributed by atoms with E-state index in [9.17, 15) is 0 Å². The van der Waals surface area contributed by atoms with Gasteiger partial charge in [0.05, 0.1) is 0 Å². The molecule has 14 heavy (non-hydrogen) atoms. The molecule has 4 aliphatic carbocycles. The van der Waals surface area contributed by atoms with Crippen LogP contribution in [-0.4, -0.2) is 0 Å². The Hall–Kier alpha value is 0. The predicted molar refractivity (Wildman–Crippen MR) is 60.0 cm³/mol. The summed E-state index contributed by atoms with van der Waals surface area (Å²) in [5.41, 5.74) is 0. The van der Waals surface area contributed by atoms with Crippen molar-refractivity contribution in [3.63, 3.8) is 0 Å². The first kappa shape index (κ1) is 9.24. The van der Waals surface area contributed by atoms with E-state index in [0.717, 1.165) is 35.5 Å². The third-order valence-electron chi connectivity index (χ3n) is 5.34. The zero-order chi connectivity index (χ0) is 9.71. The van der Waals surface area contributed by atoms with Crippen LogP contribution in [-0.2, 0) is 0 Å². The molecule has 0 heterocycles. The van der Waals surface area contributed by atoms with Gasteiger partial charge in [-0.3, -0.25) is 0 Å². The minimum Gasteiger partial charge on any atom is -0.0625 e. The van der Waals surface area contributed by atoms with E-state index in [0.29, 0.717) is 0 Å². The predicted octanol–water partition coefficient (Wildman–Crippen LogP) is 4.10. The second-order valence-corrected chi connectivity index (χ2v) is 6.68. The zero-order valence-corrected chi connectivity index (χ0v) is 9.71. The number of hydrogen-bond donors (Lipinski definition) is 0. The quantitative estimate of drug-likeness (QED) is 0.586. The third kappa shape index (κ3) is 1.42. The molecule has 80 valence electrons. The molecule has 3 atom stereocenters. The van der Waals surface area contributed by atoms with E-state index in [2.05, 4.69) is 13.8 Å². The Labute approximate surface area is 88.5 Å². The lowest BCUT2D eigenvalue weighted by molar-refractivity contribution is 0.117. The lowest BCUT2D eigenvalue weighted by atomic mass is 9.66. The molecule has 0 heteroatoms. The van der Waals surface area contributed by atoms with Gasteiger partial charge in [-0.1, -0.05) is 13.8 Å². The van der Waals surface area contributed by atoms with Gasteiger partial charge >= 0.3 is 0 Å². The van der Waals surface area contributed by atoms with Crippen molar-refractivity contribution in [2.24, 2.45) is 35.5 Å². The molecule has 0 nitrogen and oxygen atoms in total. The summed E-state index contributed by atoms with van der Waals surface area (Å²) in [6.45, 7) is 4.91. The molecule has 0 amide bonds. The Bertz CT molecular complexity index is 204. The fourth-order valence-corrected chi connectivity index (χ4v) is 4.98. The summed E-state index contributed by atoms with van der Waals surface area (Å²) in [7, 11) is 0. The molecule has 0 N–H and O–H groups in total. The second kappa shape index (κ2) is 3.25. The summed E-state index contributed by atoms with van der Waals surface area (Å²) in [6, 6.07) is 0. The van der Waals surface area contributed by atoms with Crippen LogP contribution in [0.1, 0.15) is 52.4 Å². The van der Waals surface area contributed by atoms with E-state index < -0.39 is 0 Å². The largest absolute Gasteiger partial charge is 0.0625 e. The van der Waals surface area contributed by atoms with Gasteiger partial charge in [0.15, 0.2) is 0 Å². The molecule has 4 saturated carbocycles. The lowest BCUT2D eigenvalue weighted by Gasteiger charge is -2.39. The van der Waals surface area contributed by atoms with Crippen molar-refractivity contribution >= 4 is 0 Å². The van der Waals surface area contributed by atoms with Gasteiger partial charge in [0.1, 0.15) is 0 Å². The Morgan fingerprint density at radius 2 is 1.21 bits per heavy atom. The van der Waals surface area contributed by atoms with Gasteiger partial charge in [0.2, 0.25) is 0 Å².